The highest BCUT2D eigenvalue weighted by Gasteiger charge is 2.34. The van der Waals surface area contributed by atoms with E-state index in [0.29, 0.717) is 12.6 Å². The number of methoxy groups -OCH3 is 1. The summed E-state index contributed by atoms with van der Waals surface area (Å²) in [5.74, 6) is 0.751. The van der Waals surface area contributed by atoms with Gasteiger partial charge in [-0.1, -0.05) is 29.8 Å². The molecule has 1 atom stereocenters. The number of amides is 1. The van der Waals surface area contributed by atoms with Gasteiger partial charge in [-0.25, -0.2) is 0 Å². The maximum atomic E-state index is 12.5. The number of ether oxygens (including phenoxy) is 1. The summed E-state index contributed by atoms with van der Waals surface area (Å²) in [5.41, 5.74) is 1.83. The second-order valence-corrected chi connectivity index (χ2v) is 6.78. The molecule has 1 aliphatic rings. The number of nitrogens with zero attached hydrogens (tertiary/aromatic N) is 1. The van der Waals surface area contributed by atoms with Gasteiger partial charge in [-0.15, -0.1) is 0 Å². The molecule has 25 heavy (non-hydrogen) atoms. The van der Waals surface area contributed by atoms with Crippen LogP contribution in [0.1, 0.15) is 31.4 Å². The van der Waals surface area contributed by atoms with Gasteiger partial charge in [0.1, 0.15) is 5.75 Å². The van der Waals surface area contributed by atoms with Crippen LogP contribution in [0.4, 0.5) is 5.69 Å². The number of hydrogen-bond acceptors (Lipinski definition) is 3. The molecular weight excluding hydrogens is 336 g/mol. The Hall–Kier alpha value is -2.04. The van der Waals surface area contributed by atoms with Crippen LogP contribution in [-0.4, -0.2) is 30.5 Å². The Morgan fingerprint density at radius 2 is 1.92 bits per heavy atom. The van der Waals surface area contributed by atoms with Crippen molar-refractivity contribution < 1.29 is 9.53 Å². The van der Waals surface area contributed by atoms with Crippen LogP contribution in [0.5, 0.6) is 5.75 Å². The van der Waals surface area contributed by atoms with Gasteiger partial charge in [0.15, 0.2) is 0 Å². The maximum absolute atomic E-state index is 12.5. The lowest BCUT2D eigenvalue weighted by Gasteiger charge is -2.29. The minimum atomic E-state index is -0.0176. The smallest absolute Gasteiger partial charge is 0.238 e. The van der Waals surface area contributed by atoms with E-state index in [1.807, 2.05) is 48.5 Å². The normalized spacial score (nSPS) is 15.0. The molecule has 0 aliphatic heterocycles. The molecule has 4 nitrogen and oxygen atoms in total. The average Bonchev–Trinajstić information content (AvgIpc) is 3.45. The number of carbonyl (C=O) groups is 1. The van der Waals surface area contributed by atoms with Gasteiger partial charge in [-0.2, -0.15) is 0 Å². The first-order chi connectivity index (χ1) is 12.1. The van der Waals surface area contributed by atoms with Crippen molar-refractivity contribution in [1.82, 2.24) is 4.90 Å². The van der Waals surface area contributed by atoms with Gasteiger partial charge in [0.05, 0.1) is 13.7 Å². The fourth-order valence-corrected chi connectivity index (χ4v) is 3.32. The number of hydrogen-bond donors (Lipinski definition) is 1. The third-order valence-electron chi connectivity index (χ3n) is 4.57. The largest absolute Gasteiger partial charge is 0.497 e. The van der Waals surface area contributed by atoms with Crippen molar-refractivity contribution in [3.8, 4) is 5.75 Å². The summed E-state index contributed by atoms with van der Waals surface area (Å²) >= 11 is 6.34. The second kappa shape index (κ2) is 7.89. The van der Waals surface area contributed by atoms with E-state index in [0.717, 1.165) is 34.9 Å². The lowest BCUT2D eigenvalue weighted by molar-refractivity contribution is -0.118. The Morgan fingerprint density at radius 1 is 1.24 bits per heavy atom. The zero-order chi connectivity index (χ0) is 17.8. The SMILES string of the molecule is COc1ccc(NC(=O)CN(C2CC2)C(C)c2ccccc2Cl)cc1. The van der Waals surface area contributed by atoms with E-state index in [2.05, 4.69) is 17.1 Å². The van der Waals surface area contributed by atoms with Gasteiger partial charge in [0.2, 0.25) is 5.91 Å². The van der Waals surface area contributed by atoms with Crippen molar-refractivity contribution in [2.45, 2.75) is 31.8 Å². The zero-order valence-corrected chi connectivity index (χ0v) is 15.3. The first kappa shape index (κ1) is 17.8. The van der Waals surface area contributed by atoms with E-state index in [9.17, 15) is 4.79 Å². The Labute approximate surface area is 153 Å². The molecule has 132 valence electrons. The maximum Gasteiger partial charge on any atom is 0.238 e. The highest BCUT2D eigenvalue weighted by atomic mass is 35.5. The van der Waals surface area contributed by atoms with Gasteiger partial charge in [0, 0.05) is 22.8 Å². The molecule has 0 radical (unpaired) electrons. The van der Waals surface area contributed by atoms with E-state index >= 15 is 0 Å². The molecule has 0 heterocycles. The summed E-state index contributed by atoms with van der Waals surface area (Å²) < 4.78 is 5.14. The van der Waals surface area contributed by atoms with E-state index in [1.165, 1.54) is 0 Å². The van der Waals surface area contributed by atoms with Crippen LogP contribution >= 0.6 is 11.6 Å². The predicted molar refractivity (Wildman–Crippen MR) is 101 cm³/mol. The minimum Gasteiger partial charge on any atom is -0.497 e. The molecule has 2 aromatic rings. The molecule has 0 aromatic heterocycles. The Balaban J connectivity index is 1.67. The molecule has 1 fully saturated rings. The average molecular weight is 359 g/mol. The number of rotatable bonds is 7. The molecule has 1 unspecified atom stereocenters. The number of carbonyl (C=O) groups excluding carboxylic acids is 1. The van der Waals surface area contributed by atoms with Crippen LogP contribution in [0, 0.1) is 0 Å². The lowest BCUT2D eigenvalue weighted by atomic mass is 10.1. The molecule has 1 aliphatic carbocycles. The summed E-state index contributed by atoms with van der Waals surface area (Å²) in [7, 11) is 1.62. The van der Waals surface area contributed by atoms with Crippen LogP contribution in [0.2, 0.25) is 5.02 Å². The molecule has 0 bridgehead atoms. The highest BCUT2D eigenvalue weighted by Crippen LogP contribution is 2.36. The van der Waals surface area contributed by atoms with Crippen LogP contribution in [0.3, 0.4) is 0 Å². The second-order valence-electron chi connectivity index (χ2n) is 6.38. The summed E-state index contributed by atoms with van der Waals surface area (Å²) in [4.78, 5) is 14.7. The Bertz CT molecular complexity index is 729. The fourth-order valence-electron chi connectivity index (χ4n) is 3.02. The van der Waals surface area contributed by atoms with Gasteiger partial charge in [-0.05, 0) is 55.7 Å². The molecule has 0 saturated heterocycles. The van der Waals surface area contributed by atoms with Crippen molar-refractivity contribution in [2.75, 3.05) is 19.0 Å². The third-order valence-corrected chi connectivity index (χ3v) is 4.91. The third kappa shape index (κ3) is 4.53. The Kier molecular flexibility index (Phi) is 5.61. The summed E-state index contributed by atoms with van der Waals surface area (Å²) in [6, 6.07) is 15.7. The van der Waals surface area contributed by atoms with Crippen LogP contribution in [0.15, 0.2) is 48.5 Å². The Morgan fingerprint density at radius 3 is 2.52 bits per heavy atom. The summed E-state index contributed by atoms with van der Waals surface area (Å²) in [5, 5.41) is 3.70. The quantitative estimate of drug-likeness (QED) is 0.791. The van der Waals surface area contributed by atoms with Gasteiger partial charge in [-0.3, -0.25) is 9.69 Å². The van der Waals surface area contributed by atoms with Crippen molar-refractivity contribution >= 4 is 23.2 Å². The number of benzene rings is 2. The fraction of sp³-hybridized carbons (Fsp3) is 0.350. The summed E-state index contributed by atoms with van der Waals surface area (Å²) in [6.07, 6.45) is 2.26. The van der Waals surface area contributed by atoms with Crippen molar-refractivity contribution in [3.05, 3.63) is 59.1 Å². The minimum absolute atomic E-state index is 0.0176. The van der Waals surface area contributed by atoms with Crippen molar-refractivity contribution in [3.63, 3.8) is 0 Å². The molecule has 1 amide bonds. The standard InChI is InChI=1S/C20H23ClN2O2/c1-14(18-5-3-4-6-19(18)21)23(16-9-10-16)13-20(24)22-15-7-11-17(25-2)12-8-15/h3-8,11-12,14,16H,9-10,13H2,1-2H3,(H,22,24). The van der Waals surface area contributed by atoms with Crippen LogP contribution in [-0.2, 0) is 4.79 Å². The zero-order valence-electron chi connectivity index (χ0n) is 14.5. The van der Waals surface area contributed by atoms with Gasteiger partial charge in [0.25, 0.3) is 0 Å². The molecule has 3 rings (SSSR count). The number of nitrogens with one attached hydrogen (secondary N) is 1. The number of halogens is 1. The first-order valence-corrected chi connectivity index (χ1v) is 8.90. The van der Waals surface area contributed by atoms with Gasteiger partial charge >= 0.3 is 0 Å². The lowest BCUT2D eigenvalue weighted by Crippen LogP contribution is -2.37. The van der Waals surface area contributed by atoms with Crippen LogP contribution < -0.4 is 10.1 Å². The monoisotopic (exact) mass is 358 g/mol. The molecule has 1 saturated carbocycles. The first-order valence-electron chi connectivity index (χ1n) is 8.52. The molecule has 2 aromatic carbocycles. The molecular formula is C20H23ClN2O2. The highest BCUT2D eigenvalue weighted by molar-refractivity contribution is 6.31. The number of anilines is 1. The summed E-state index contributed by atoms with van der Waals surface area (Å²) in [6.45, 7) is 2.46. The molecule has 5 heteroatoms. The van der Waals surface area contributed by atoms with Crippen molar-refractivity contribution in [1.29, 1.82) is 0 Å². The van der Waals surface area contributed by atoms with E-state index in [1.54, 1.807) is 7.11 Å². The molecule has 0 spiro atoms. The van der Waals surface area contributed by atoms with Crippen molar-refractivity contribution in [2.24, 2.45) is 0 Å². The van der Waals surface area contributed by atoms with Gasteiger partial charge < -0.3 is 10.1 Å². The van der Waals surface area contributed by atoms with E-state index < -0.39 is 0 Å². The topological polar surface area (TPSA) is 41.6 Å². The van der Waals surface area contributed by atoms with E-state index in [4.69, 9.17) is 16.3 Å². The molecule has 1 N–H and O–H groups in total. The predicted octanol–water partition coefficient (Wildman–Crippen LogP) is 4.51. The van der Waals surface area contributed by atoms with Crippen LogP contribution in [0.25, 0.3) is 0 Å². The van der Waals surface area contributed by atoms with E-state index in [-0.39, 0.29) is 11.9 Å².